The summed E-state index contributed by atoms with van der Waals surface area (Å²) in [6.45, 7) is 11.2. The molecule has 1 aromatic carbocycles. The molecule has 6 rings (SSSR count). The van der Waals surface area contributed by atoms with Gasteiger partial charge in [0.25, 0.3) is 0 Å². The lowest BCUT2D eigenvalue weighted by molar-refractivity contribution is -0.136. The first kappa shape index (κ1) is 30.1. The maximum atomic E-state index is 15.2. The van der Waals surface area contributed by atoms with Crippen molar-refractivity contribution in [2.75, 3.05) is 36.4 Å². The highest BCUT2D eigenvalue weighted by Crippen LogP contribution is 2.41. The van der Waals surface area contributed by atoms with Crippen molar-refractivity contribution in [2.45, 2.75) is 65.2 Å². The molecule has 1 saturated heterocycles. The standard InChI is InChI=1S/C34H40FN7OS/c1-22-9-8-12-25(28(22)35)29-30(44-32(40-29)34(2,3)4)26-15-16-36-33(38-26)39-27-14-13-24(21-37-27)41-17-19-42(20-18-41)31(43)23-10-6-5-7-11-23/h8-9,12-16,21,23H,5-7,10-11,17-20H2,1-4H3,(H,36,37,38,39). The zero-order valence-corrected chi connectivity index (χ0v) is 26.8. The molecule has 44 heavy (non-hydrogen) atoms. The van der Waals surface area contributed by atoms with E-state index in [1.54, 1.807) is 25.3 Å². The van der Waals surface area contributed by atoms with E-state index in [2.05, 4.69) is 41.0 Å². The number of hydrogen-bond acceptors (Lipinski definition) is 8. The second-order valence-corrected chi connectivity index (χ2v) is 13.8. The van der Waals surface area contributed by atoms with Gasteiger partial charge in [-0.3, -0.25) is 4.79 Å². The van der Waals surface area contributed by atoms with Gasteiger partial charge in [-0.15, -0.1) is 11.3 Å². The molecular weight excluding hydrogens is 573 g/mol. The Hall–Kier alpha value is -3.92. The van der Waals surface area contributed by atoms with E-state index >= 15 is 4.39 Å². The molecular formula is C34H40FN7OS. The Morgan fingerprint density at radius 1 is 0.977 bits per heavy atom. The number of halogens is 1. The molecule has 3 aromatic heterocycles. The average Bonchev–Trinajstić information content (AvgIpc) is 3.49. The van der Waals surface area contributed by atoms with Crippen molar-refractivity contribution >= 4 is 34.7 Å². The summed E-state index contributed by atoms with van der Waals surface area (Å²) in [6.07, 6.45) is 9.23. The zero-order valence-electron chi connectivity index (χ0n) is 25.9. The molecule has 0 spiro atoms. The van der Waals surface area contributed by atoms with Crippen LogP contribution in [0, 0.1) is 18.7 Å². The number of piperazine rings is 1. The molecule has 1 aliphatic heterocycles. The molecule has 2 aliphatic rings. The summed E-state index contributed by atoms with van der Waals surface area (Å²) in [6, 6.07) is 11.2. The van der Waals surface area contributed by atoms with E-state index in [1.165, 1.54) is 30.6 Å². The van der Waals surface area contributed by atoms with Gasteiger partial charge >= 0.3 is 0 Å². The summed E-state index contributed by atoms with van der Waals surface area (Å²) in [7, 11) is 0. The third-order valence-corrected chi connectivity index (χ3v) is 10.0. The number of amides is 1. The van der Waals surface area contributed by atoms with E-state index in [9.17, 15) is 4.79 Å². The van der Waals surface area contributed by atoms with Crippen LogP contribution in [0.15, 0.2) is 48.8 Å². The van der Waals surface area contributed by atoms with Crippen molar-refractivity contribution in [3.05, 3.63) is 65.2 Å². The largest absolute Gasteiger partial charge is 0.367 e. The molecule has 4 aromatic rings. The van der Waals surface area contributed by atoms with Gasteiger partial charge in [-0.25, -0.2) is 24.3 Å². The smallest absolute Gasteiger partial charge is 0.228 e. The first-order valence-electron chi connectivity index (χ1n) is 15.5. The lowest BCUT2D eigenvalue weighted by Gasteiger charge is -2.38. The summed E-state index contributed by atoms with van der Waals surface area (Å²) < 4.78 is 15.2. The molecule has 230 valence electrons. The molecule has 0 bridgehead atoms. The van der Waals surface area contributed by atoms with Gasteiger partial charge in [0.2, 0.25) is 11.9 Å². The lowest BCUT2D eigenvalue weighted by atomic mass is 9.88. The van der Waals surface area contributed by atoms with Crippen molar-refractivity contribution in [1.29, 1.82) is 0 Å². The molecule has 10 heteroatoms. The van der Waals surface area contributed by atoms with E-state index in [-0.39, 0.29) is 17.2 Å². The van der Waals surface area contributed by atoms with Crippen LogP contribution in [-0.4, -0.2) is 56.9 Å². The number of anilines is 3. The van der Waals surface area contributed by atoms with Crippen LogP contribution in [0.3, 0.4) is 0 Å². The van der Waals surface area contributed by atoms with Crippen molar-refractivity contribution in [1.82, 2.24) is 24.8 Å². The van der Waals surface area contributed by atoms with Gasteiger partial charge in [-0.05, 0) is 49.6 Å². The second-order valence-electron chi connectivity index (χ2n) is 12.8. The predicted molar refractivity (Wildman–Crippen MR) is 175 cm³/mol. The summed E-state index contributed by atoms with van der Waals surface area (Å²) in [5.74, 6) is 1.32. The first-order chi connectivity index (χ1) is 21.2. The molecule has 1 saturated carbocycles. The fraction of sp³-hybridized carbons (Fsp3) is 0.441. The van der Waals surface area contributed by atoms with Gasteiger partial charge in [-0.2, -0.15) is 0 Å². The Kier molecular flexibility index (Phi) is 8.62. The lowest BCUT2D eigenvalue weighted by Crippen LogP contribution is -2.50. The third-order valence-electron chi connectivity index (χ3n) is 8.50. The quantitative estimate of drug-likeness (QED) is 0.243. The number of nitrogens with zero attached hydrogens (tertiary/aromatic N) is 6. The predicted octanol–water partition coefficient (Wildman–Crippen LogP) is 7.38. The van der Waals surface area contributed by atoms with Crippen LogP contribution in [0.4, 0.5) is 21.8 Å². The summed E-state index contributed by atoms with van der Waals surface area (Å²) in [4.78, 5) is 36.8. The Morgan fingerprint density at radius 3 is 2.45 bits per heavy atom. The summed E-state index contributed by atoms with van der Waals surface area (Å²) in [5, 5.41) is 4.13. The molecule has 2 fully saturated rings. The van der Waals surface area contributed by atoms with Crippen LogP contribution >= 0.6 is 11.3 Å². The van der Waals surface area contributed by atoms with E-state index in [1.807, 2.05) is 35.4 Å². The molecule has 0 unspecified atom stereocenters. The van der Waals surface area contributed by atoms with E-state index in [0.29, 0.717) is 40.2 Å². The molecule has 1 N–H and O–H groups in total. The van der Waals surface area contributed by atoms with Gasteiger partial charge < -0.3 is 15.1 Å². The highest BCUT2D eigenvalue weighted by atomic mass is 32.1. The number of carbonyl (C=O) groups excluding carboxylic acids is 1. The number of hydrogen-bond donors (Lipinski definition) is 1. The number of rotatable bonds is 6. The van der Waals surface area contributed by atoms with E-state index in [0.717, 1.165) is 54.6 Å². The second kappa shape index (κ2) is 12.6. The van der Waals surface area contributed by atoms with Crippen LogP contribution < -0.4 is 10.2 Å². The fourth-order valence-corrected chi connectivity index (χ4v) is 7.03. The third kappa shape index (κ3) is 6.45. The number of aromatic nitrogens is 4. The van der Waals surface area contributed by atoms with Crippen molar-refractivity contribution < 1.29 is 9.18 Å². The molecule has 0 radical (unpaired) electrons. The van der Waals surface area contributed by atoms with Gasteiger partial charge in [0.15, 0.2) is 0 Å². The fourth-order valence-electron chi connectivity index (χ4n) is 5.93. The van der Waals surface area contributed by atoms with Crippen LogP contribution in [0.25, 0.3) is 21.8 Å². The van der Waals surface area contributed by atoms with Gasteiger partial charge in [0.05, 0.1) is 33.2 Å². The highest BCUT2D eigenvalue weighted by Gasteiger charge is 2.29. The zero-order chi connectivity index (χ0) is 30.8. The summed E-state index contributed by atoms with van der Waals surface area (Å²) >= 11 is 1.53. The maximum absolute atomic E-state index is 15.2. The number of thiazole rings is 1. The maximum Gasteiger partial charge on any atom is 0.228 e. The molecule has 1 amide bonds. The summed E-state index contributed by atoms with van der Waals surface area (Å²) in [5.41, 5.74) is 3.14. The van der Waals surface area contributed by atoms with Crippen molar-refractivity contribution in [3.63, 3.8) is 0 Å². The van der Waals surface area contributed by atoms with Crippen molar-refractivity contribution in [3.8, 4) is 21.8 Å². The van der Waals surface area contributed by atoms with Crippen molar-refractivity contribution in [2.24, 2.45) is 5.92 Å². The molecule has 4 heterocycles. The Bertz CT molecular complexity index is 1620. The number of carbonyl (C=O) groups is 1. The highest BCUT2D eigenvalue weighted by molar-refractivity contribution is 7.15. The number of pyridine rings is 1. The normalized spacial score (nSPS) is 16.3. The first-order valence-corrected chi connectivity index (χ1v) is 16.4. The Balaban J connectivity index is 1.16. The Labute approximate surface area is 262 Å². The minimum Gasteiger partial charge on any atom is -0.367 e. The minimum absolute atomic E-state index is 0.199. The van der Waals surface area contributed by atoms with Crippen LogP contribution in [-0.2, 0) is 10.2 Å². The SMILES string of the molecule is Cc1cccc(-c2nc(C(C)(C)C)sc2-c2ccnc(Nc3ccc(N4CCN(C(=O)C5CCCCC5)CC4)cn3)n2)c1F. The number of nitrogens with one attached hydrogen (secondary N) is 1. The van der Waals surface area contributed by atoms with Crippen LogP contribution in [0.5, 0.6) is 0 Å². The van der Waals surface area contributed by atoms with Crippen LogP contribution in [0.2, 0.25) is 0 Å². The number of aryl methyl sites for hydroxylation is 1. The van der Waals surface area contributed by atoms with E-state index in [4.69, 9.17) is 9.97 Å². The minimum atomic E-state index is -0.270. The molecule has 1 aliphatic carbocycles. The molecule has 8 nitrogen and oxygen atoms in total. The number of benzene rings is 1. The van der Waals surface area contributed by atoms with Gasteiger partial charge in [0.1, 0.15) is 11.6 Å². The molecule has 0 atom stereocenters. The van der Waals surface area contributed by atoms with Gasteiger partial charge in [-0.1, -0.05) is 52.2 Å². The Morgan fingerprint density at radius 2 is 1.75 bits per heavy atom. The average molecular weight is 614 g/mol. The van der Waals surface area contributed by atoms with E-state index < -0.39 is 0 Å². The monoisotopic (exact) mass is 613 g/mol. The topological polar surface area (TPSA) is 87.1 Å². The van der Waals surface area contributed by atoms with Gasteiger partial charge in [0, 0.05) is 49.3 Å². The van der Waals surface area contributed by atoms with Crippen LogP contribution in [0.1, 0.15) is 63.4 Å².